The number of ether oxygens (including phenoxy) is 2. The molecule has 0 radical (unpaired) electrons. The van der Waals surface area contributed by atoms with Crippen molar-refractivity contribution in [3.63, 3.8) is 0 Å². The number of carbonyl (C=O) groups is 1. The average molecular weight is 549 g/mol. The topological polar surface area (TPSA) is 158 Å². The Bertz CT molecular complexity index is 1770. The van der Waals surface area contributed by atoms with E-state index in [1.165, 1.54) is 37.1 Å². The zero-order chi connectivity index (χ0) is 28.7. The molecule has 12 heteroatoms. The van der Waals surface area contributed by atoms with Gasteiger partial charge in [-0.1, -0.05) is 6.08 Å². The van der Waals surface area contributed by atoms with Crippen LogP contribution < -0.4 is 31.5 Å². The number of hydrogen-bond donors (Lipinski definition) is 2. The minimum atomic E-state index is -1.71. The van der Waals surface area contributed by atoms with Gasteiger partial charge >= 0.3 is 0 Å². The second kappa shape index (κ2) is 10.3. The first-order valence-electron chi connectivity index (χ1n) is 12.2. The summed E-state index contributed by atoms with van der Waals surface area (Å²) >= 11 is 0. The van der Waals surface area contributed by atoms with Crippen LogP contribution in [-0.2, 0) is 6.42 Å². The highest BCUT2D eigenvalue weighted by Gasteiger charge is 2.28. The number of fused-ring (bicyclic) bond motifs is 1. The maximum absolute atomic E-state index is 15.9. The quantitative estimate of drug-likeness (QED) is 0.316. The van der Waals surface area contributed by atoms with Crippen LogP contribution in [0.4, 0.5) is 20.5 Å². The maximum Gasteiger partial charge on any atom is 0.221 e. The van der Waals surface area contributed by atoms with Crippen LogP contribution in [-0.4, -0.2) is 34.7 Å². The highest BCUT2D eigenvalue weighted by Crippen LogP contribution is 2.39. The minimum absolute atomic E-state index is 0.0413. The Hall–Kier alpha value is -5.00. The van der Waals surface area contributed by atoms with Crippen LogP contribution in [0.3, 0.4) is 0 Å². The molecule has 2 aromatic carbocycles. The lowest BCUT2D eigenvalue weighted by molar-refractivity contribution is -0.255. The minimum Gasteiger partial charge on any atom is -0.545 e. The number of carbonyl (C=O) groups excluding carboxylic acids is 1. The Morgan fingerprint density at radius 1 is 1.18 bits per heavy atom. The highest BCUT2D eigenvalue weighted by molar-refractivity contribution is 5.93. The second-order valence-electron chi connectivity index (χ2n) is 9.35. The molecule has 206 valence electrons. The van der Waals surface area contributed by atoms with Crippen LogP contribution in [0.25, 0.3) is 23.1 Å². The van der Waals surface area contributed by atoms with Gasteiger partial charge in [0, 0.05) is 41.5 Å². The molecule has 0 bridgehead atoms. The van der Waals surface area contributed by atoms with Gasteiger partial charge in [0.15, 0.2) is 22.7 Å². The Morgan fingerprint density at radius 2 is 1.93 bits per heavy atom. The summed E-state index contributed by atoms with van der Waals surface area (Å²) in [5.41, 5.74) is 11.1. The summed E-state index contributed by atoms with van der Waals surface area (Å²) in [6.45, 7) is 0. The van der Waals surface area contributed by atoms with Crippen molar-refractivity contribution in [2.45, 2.75) is 25.3 Å². The van der Waals surface area contributed by atoms with Gasteiger partial charge in [0.2, 0.25) is 5.95 Å². The molecule has 4 N–H and O–H groups in total. The summed E-state index contributed by atoms with van der Waals surface area (Å²) in [5, 5.41) is 11.1. The molecular formula is C28H24F2N5O5-. The summed E-state index contributed by atoms with van der Waals surface area (Å²) in [5.74, 6) is -2.80. The number of pyridine rings is 1. The molecule has 5 rings (SSSR count). The molecule has 1 aliphatic carbocycles. The summed E-state index contributed by atoms with van der Waals surface area (Å²) in [6, 6.07) is 4.11. The molecule has 1 saturated carbocycles. The number of carboxylic acid groups (broad SMARTS) is 1. The fourth-order valence-corrected chi connectivity index (χ4v) is 4.64. The van der Waals surface area contributed by atoms with Crippen molar-refractivity contribution in [1.29, 1.82) is 0 Å². The zero-order valence-corrected chi connectivity index (χ0v) is 21.5. The first-order valence-corrected chi connectivity index (χ1v) is 12.2. The van der Waals surface area contributed by atoms with Gasteiger partial charge in [-0.15, -0.1) is 0 Å². The Morgan fingerprint density at radius 3 is 2.55 bits per heavy atom. The van der Waals surface area contributed by atoms with Gasteiger partial charge in [-0.2, -0.15) is 4.98 Å². The number of hydrogen-bond acceptors (Lipinski definition) is 9. The number of nitrogen functional groups attached to an aromatic ring is 2. The number of anilines is 2. The first kappa shape index (κ1) is 26.6. The van der Waals surface area contributed by atoms with Crippen molar-refractivity contribution in [2.24, 2.45) is 0 Å². The van der Waals surface area contributed by atoms with Gasteiger partial charge in [-0.3, -0.25) is 4.79 Å². The lowest BCUT2D eigenvalue weighted by Crippen LogP contribution is -2.30. The van der Waals surface area contributed by atoms with E-state index in [2.05, 4.69) is 9.97 Å². The number of carboxylic acids is 1. The lowest BCUT2D eigenvalue weighted by atomic mass is 10.0. The van der Waals surface area contributed by atoms with Crippen LogP contribution in [0.1, 0.15) is 51.5 Å². The predicted octanol–water partition coefficient (Wildman–Crippen LogP) is 2.71. The first-order chi connectivity index (χ1) is 19.1. The zero-order valence-electron chi connectivity index (χ0n) is 21.5. The number of nitrogens with two attached hydrogens (primary N) is 2. The molecule has 2 heterocycles. The van der Waals surface area contributed by atoms with Gasteiger partial charge in [-0.25, -0.2) is 13.8 Å². The maximum atomic E-state index is 15.9. The molecule has 40 heavy (non-hydrogen) atoms. The molecule has 1 fully saturated rings. The monoisotopic (exact) mass is 548 g/mol. The number of methoxy groups -OCH3 is 2. The number of aromatic carboxylic acids is 1. The fourth-order valence-electron chi connectivity index (χ4n) is 4.64. The number of nitrogens with zero attached hydrogens (tertiary/aromatic N) is 3. The number of halogens is 2. The summed E-state index contributed by atoms with van der Waals surface area (Å²) in [6.07, 6.45) is 6.89. The van der Waals surface area contributed by atoms with Crippen LogP contribution in [0, 0.1) is 11.6 Å². The standard InChI is InChI=1S/C28H25F2N5O5/c1-39-21-9-13(8-15-11-33-28(32)34-26(15)31)7-14(25(21)40-2)3-6-17-20(29)10-18-23(22(17)30)35(16-4-5-16)12-19(24(18)36)27(37)38/h3,6-7,9-12,16H,4-5,8H2,1-2H3,(H,37,38)(H4,31,32,33,34)/p-1/b6-3+. The Kier molecular flexibility index (Phi) is 6.84. The third-order valence-corrected chi connectivity index (χ3v) is 6.71. The average Bonchev–Trinajstić information content (AvgIpc) is 3.75. The van der Waals surface area contributed by atoms with Crippen LogP contribution in [0.15, 0.2) is 35.4 Å². The molecule has 0 unspecified atom stereocenters. The van der Waals surface area contributed by atoms with Gasteiger partial charge < -0.3 is 35.4 Å². The van der Waals surface area contributed by atoms with E-state index >= 15 is 8.78 Å². The third kappa shape index (κ3) is 4.79. The Labute approximate surface area is 226 Å². The van der Waals surface area contributed by atoms with E-state index in [0.717, 1.165) is 12.3 Å². The van der Waals surface area contributed by atoms with Gasteiger partial charge in [0.1, 0.15) is 11.6 Å². The molecule has 2 aromatic heterocycles. The normalized spacial score (nSPS) is 13.2. The third-order valence-electron chi connectivity index (χ3n) is 6.71. The predicted molar refractivity (Wildman–Crippen MR) is 143 cm³/mol. The number of rotatable bonds is 8. The fraction of sp³-hybridized carbons (Fsp3) is 0.214. The van der Waals surface area contributed by atoms with E-state index < -0.39 is 34.2 Å². The summed E-state index contributed by atoms with van der Waals surface area (Å²) in [4.78, 5) is 32.1. The van der Waals surface area contributed by atoms with Crippen molar-refractivity contribution >= 4 is 40.8 Å². The molecule has 10 nitrogen and oxygen atoms in total. The van der Waals surface area contributed by atoms with Crippen molar-refractivity contribution < 1.29 is 28.2 Å². The van der Waals surface area contributed by atoms with E-state index in [4.69, 9.17) is 20.9 Å². The molecule has 4 aromatic rings. The molecule has 0 atom stereocenters. The lowest BCUT2D eigenvalue weighted by Gasteiger charge is -2.16. The molecule has 0 spiro atoms. The van der Waals surface area contributed by atoms with E-state index in [1.54, 1.807) is 12.1 Å². The van der Waals surface area contributed by atoms with Gasteiger partial charge in [-0.05, 0) is 42.7 Å². The molecule has 1 aliphatic rings. The number of benzene rings is 2. The van der Waals surface area contributed by atoms with Gasteiger partial charge in [0.05, 0.1) is 36.7 Å². The van der Waals surface area contributed by atoms with Crippen molar-refractivity contribution in [3.8, 4) is 11.5 Å². The van der Waals surface area contributed by atoms with E-state index in [9.17, 15) is 14.7 Å². The second-order valence-corrected chi connectivity index (χ2v) is 9.35. The molecular weight excluding hydrogens is 524 g/mol. The van der Waals surface area contributed by atoms with Crippen molar-refractivity contribution in [3.05, 3.63) is 80.3 Å². The molecule has 0 amide bonds. The van der Waals surface area contributed by atoms with Gasteiger partial charge in [0.25, 0.3) is 0 Å². The van der Waals surface area contributed by atoms with Crippen molar-refractivity contribution in [2.75, 3.05) is 25.7 Å². The van der Waals surface area contributed by atoms with Crippen molar-refractivity contribution in [1.82, 2.24) is 14.5 Å². The van der Waals surface area contributed by atoms with Crippen LogP contribution in [0.5, 0.6) is 11.5 Å². The summed E-state index contributed by atoms with van der Waals surface area (Å²) < 4.78 is 43.4. The smallest absolute Gasteiger partial charge is 0.221 e. The molecule has 0 saturated heterocycles. The van der Waals surface area contributed by atoms with Crippen LogP contribution in [0.2, 0.25) is 0 Å². The molecule has 0 aliphatic heterocycles. The Balaban J connectivity index is 1.63. The van der Waals surface area contributed by atoms with E-state index in [0.29, 0.717) is 47.5 Å². The largest absolute Gasteiger partial charge is 0.545 e. The SMILES string of the molecule is COc1cc(Cc2cnc(N)nc2N)cc(/C=C/c2c(F)cc3c(=O)c(C(=O)[O-])cn(C4CC4)c3c2F)c1OC. The summed E-state index contributed by atoms with van der Waals surface area (Å²) in [7, 11) is 2.89. The van der Waals surface area contributed by atoms with E-state index in [1.807, 2.05) is 0 Å². The number of aromatic nitrogens is 3. The van der Waals surface area contributed by atoms with E-state index in [-0.39, 0.29) is 28.7 Å². The highest BCUT2D eigenvalue weighted by atomic mass is 19.1. The van der Waals surface area contributed by atoms with Crippen LogP contribution >= 0.6 is 0 Å².